The van der Waals surface area contributed by atoms with E-state index in [0.29, 0.717) is 12.2 Å². The molecule has 1 aromatic carbocycles. The highest BCUT2D eigenvalue weighted by atomic mass is 35.5. The van der Waals surface area contributed by atoms with Crippen LogP contribution in [-0.2, 0) is 17.8 Å². The molecule has 0 atom stereocenters. The lowest BCUT2D eigenvalue weighted by Crippen LogP contribution is -2.50. The van der Waals surface area contributed by atoms with Gasteiger partial charge in [-0.2, -0.15) is 0 Å². The van der Waals surface area contributed by atoms with Gasteiger partial charge in [0.25, 0.3) is 0 Å². The lowest BCUT2D eigenvalue weighted by atomic mass is 9.48. The van der Waals surface area contributed by atoms with E-state index in [1.165, 1.54) is 24.8 Å². The summed E-state index contributed by atoms with van der Waals surface area (Å²) in [6.07, 6.45) is 8.88. The van der Waals surface area contributed by atoms with E-state index < -0.39 is 0 Å². The minimum Gasteiger partial charge on any atom is -0.305 e. The van der Waals surface area contributed by atoms with Crippen molar-refractivity contribution in [1.29, 1.82) is 0 Å². The topological polar surface area (TPSA) is 32.7 Å². The van der Waals surface area contributed by atoms with Crippen LogP contribution in [0.25, 0.3) is 0 Å². The fourth-order valence-electron chi connectivity index (χ4n) is 7.39. The highest BCUT2D eigenvalue weighted by molar-refractivity contribution is 6.31. The second-order valence-corrected chi connectivity index (χ2v) is 12.1. The predicted octanol–water partition coefficient (Wildman–Crippen LogP) is 5.70. The predicted molar refractivity (Wildman–Crippen MR) is 123 cm³/mol. The molecule has 4 saturated carbocycles. The number of ketones is 1. The average Bonchev–Trinajstić information content (AvgIpc) is 2.60. The molecule has 0 aromatic heterocycles. The summed E-state index contributed by atoms with van der Waals surface area (Å²) >= 11 is 6.63. The van der Waals surface area contributed by atoms with Crippen molar-refractivity contribution in [3.8, 4) is 0 Å². The van der Waals surface area contributed by atoms with Gasteiger partial charge in [-0.3, -0.25) is 9.79 Å². The molecule has 6 rings (SSSR count). The van der Waals surface area contributed by atoms with Crippen LogP contribution in [0.2, 0.25) is 5.02 Å². The van der Waals surface area contributed by atoms with Crippen LogP contribution in [-0.4, -0.2) is 36.0 Å². The first-order valence-electron chi connectivity index (χ1n) is 11.7. The molecule has 1 aliphatic heterocycles. The number of hydrogen-bond acceptors (Lipinski definition) is 3. The van der Waals surface area contributed by atoms with E-state index in [1.807, 2.05) is 0 Å². The van der Waals surface area contributed by atoms with Crippen molar-refractivity contribution in [3.63, 3.8) is 0 Å². The zero-order valence-corrected chi connectivity index (χ0v) is 19.7. The van der Waals surface area contributed by atoms with Gasteiger partial charge in [0.05, 0.1) is 11.3 Å². The van der Waals surface area contributed by atoms with Crippen molar-refractivity contribution in [2.75, 3.05) is 14.1 Å². The van der Waals surface area contributed by atoms with E-state index in [1.54, 1.807) is 0 Å². The second-order valence-electron chi connectivity index (χ2n) is 11.7. The lowest BCUT2D eigenvalue weighted by Gasteiger charge is -2.56. The molecule has 0 amide bonds. The van der Waals surface area contributed by atoms with E-state index in [9.17, 15) is 4.79 Å². The molecule has 30 heavy (non-hydrogen) atoms. The average molecular weight is 427 g/mol. The Morgan fingerprint density at radius 2 is 1.70 bits per heavy atom. The first-order valence-corrected chi connectivity index (χ1v) is 12.1. The van der Waals surface area contributed by atoms with E-state index in [0.717, 1.165) is 71.8 Å². The van der Waals surface area contributed by atoms with Gasteiger partial charge in [-0.15, -0.1) is 0 Å². The van der Waals surface area contributed by atoms with Crippen LogP contribution >= 0.6 is 11.6 Å². The van der Waals surface area contributed by atoms with Gasteiger partial charge in [0.1, 0.15) is 5.78 Å². The normalized spacial score (nSPS) is 33.5. The SMILES string of the molecule is CN(C)Cc1cc2c(cc1Cl)CC(C)(C)N=C2CC(=O)C12CC3CC(CC(C3)C1)C2. The van der Waals surface area contributed by atoms with E-state index in [-0.39, 0.29) is 11.0 Å². The van der Waals surface area contributed by atoms with Crippen molar-refractivity contribution in [1.82, 2.24) is 4.90 Å². The molecule has 3 nitrogen and oxygen atoms in total. The quantitative estimate of drug-likeness (QED) is 0.604. The molecule has 5 aliphatic rings. The first kappa shape index (κ1) is 20.7. The van der Waals surface area contributed by atoms with Crippen molar-refractivity contribution < 1.29 is 4.79 Å². The maximum Gasteiger partial charge on any atom is 0.145 e. The molecule has 1 aromatic rings. The number of carbonyl (C=O) groups excluding carboxylic acids is 1. The number of Topliss-reactive ketones (excluding diaryl/α,β-unsaturated/α-hetero) is 1. The van der Waals surface area contributed by atoms with Crippen molar-refractivity contribution in [2.24, 2.45) is 28.2 Å². The summed E-state index contributed by atoms with van der Waals surface area (Å²) in [7, 11) is 4.12. The summed E-state index contributed by atoms with van der Waals surface area (Å²) in [5.74, 6) is 2.85. The van der Waals surface area contributed by atoms with Crippen LogP contribution in [0.5, 0.6) is 0 Å². The molecule has 4 heteroatoms. The van der Waals surface area contributed by atoms with Gasteiger partial charge in [0.15, 0.2) is 0 Å². The minimum absolute atomic E-state index is 0.0576. The summed E-state index contributed by atoms with van der Waals surface area (Å²) in [5.41, 5.74) is 4.28. The Labute approximate surface area is 186 Å². The number of fused-ring (bicyclic) bond motifs is 1. The minimum atomic E-state index is -0.184. The summed E-state index contributed by atoms with van der Waals surface area (Å²) in [6, 6.07) is 4.33. The summed E-state index contributed by atoms with van der Waals surface area (Å²) in [6.45, 7) is 5.14. The standard InChI is InChI=1S/C26H35ClN2O/c1-25(2)14-19-9-22(27)20(15-29(3)4)8-21(19)23(28-25)10-24(30)26-11-16-5-17(12-26)7-18(6-16)13-26/h8-9,16-18H,5-7,10-15H2,1-4H3. The summed E-state index contributed by atoms with van der Waals surface area (Å²) in [5, 5.41) is 0.826. The fraction of sp³-hybridized carbons (Fsp3) is 0.692. The van der Waals surface area contributed by atoms with Crippen LogP contribution in [0.3, 0.4) is 0 Å². The number of halogens is 1. The largest absolute Gasteiger partial charge is 0.305 e. The van der Waals surface area contributed by atoms with Gasteiger partial charge >= 0.3 is 0 Å². The third-order valence-electron chi connectivity index (χ3n) is 8.09. The molecule has 4 aliphatic carbocycles. The van der Waals surface area contributed by atoms with Crippen molar-refractivity contribution >= 4 is 23.1 Å². The van der Waals surface area contributed by atoms with Crippen LogP contribution in [0.4, 0.5) is 0 Å². The lowest BCUT2D eigenvalue weighted by molar-refractivity contribution is -0.142. The number of aliphatic imine (C=N–C) groups is 1. The molecule has 0 N–H and O–H groups in total. The summed E-state index contributed by atoms with van der Waals surface area (Å²) < 4.78 is 0. The number of hydrogen-bond donors (Lipinski definition) is 0. The number of nitrogens with zero attached hydrogens (tertiary/aromatic N) is 2. The highest BCUT2D eigenvalue weighted by Gasteiger charge is 2.54. The zero-order chi connectivity index (χ0) is 21.3. The van der Waals surface area contributed by atoms with Gasteiger partial charge < -0.3 is 4.90 Å². The molecule has 4 bridgehead atoms. The monoisotopic (exact) mass is 426 g/mol. The molecular weight excluding hydrogens is 392 g/mol. The third-order valence-corrected chi connectivity index (χ3v) is 8.44. The highest BCUT2D eigenvalue weighted by Crippen LogP contribution is 2.60. The molecule has 0 spiro atoms. The van der Waals surface area contributed by atoms with Gasteiger partial charge in [-0.05, 0) is 119 Å². The van der Waals surface area contributed by atoms with Crippen LogP contribution < -0.4 is 0 Å². The summed E-state index contributed by atoms with van der Waals surface area (Å²) in [4.78, 5) is 21.0. The number of rotatable bonds is 5. The van der Waals surface area contributed by atoms with E-state index in [4.69, 9.17) is 16.6 Å². The van der Waals surface area contributed by atoms with E-state index in [2.05, 4.69) is 45.0 Å². The number of benzene rings is 1. The smallest absolute Gasteiger partial charge is 0.145 e. The van der Waals surface area contributed by atoms with Gasteiger partial charge in [-0.25, -0.2) is 0 Å². The molecular formula is C26H35ClN2O. The Bertz CT molecular complexity index is 879. The van der Waals surface area contributed by atoms with Gasteiger partial charge in [-0.1, -0.05) is 11.6 Å². The Hall–Kier alpha value is -1.19. The van der Waals surface area contributed by atoms with Crippen LogP contribution in [0, 0.1) is 23.2 Å². The second kappa shape index (κ2) is 7.17. The van der Waals surface area contributed by atoms with E-state index >= 15 is 0 Å². The molecule has 0 saturated heterocycles. The van der Waals surface area contributed by atoms with Crippen LogP contribution in [0.1, 0.15) is 75.5 Å². The molecule has 0 radical (unpaired) electrons. The molecule has 1 heterocycles. The Balaban J connectivity index is 1.47. The molecule has 0 unspecified atom stereocenters. The molecule has 4 fully saturated rings. The van der Waals surface area contributed by atoms with Crippen molar-refractivity contribution in [2.45, 2.75) is 77.3 Å². The Morgan fingerprint density at radius 3 is 2.27 bits per heavy atom. The fourth-order valence-corrected chi connectivity index (χ4v) is 7.64. The maximum atomic E-state index is 13.8. The van der Waals surface area contributed by atoms with Gasteiger partial charge in [0, 0.05) is 23.4 Å². The molecule has 162 valence electrons. The van der Waals surface area contributed by atoms with Crippen molar-refractivity contribution in [3.05, 3.63) is 33.8 Å². The Kier molecular flexibility index (Phi) is 4.95. The van der Waals surface area contributed by atoms with Crippen LogP contribution in [0.15, 0.2) is 17.1 Å². The Morgan fingerprint density at radius 1 is 1.10 bits per heavy atom. The maximum absolute atomic E-state index is 13.8. The first-order chi connectivity index (χ1) is 14.1. The number of carbonyl (C=O) groups is 1. The zero-order valence-electron chi connectivity index (χ0n) is 18.9. The third kappa shape index (κ3) is 3.66. The van der Waals surface area contributed by atoms with Gasteiger partial charge in [0.2, 0.25) is 0 Å².